The molecule has 0 bridgehead atoms. The van der Waals surface area contributed by atoms with Gasteiger partial charge in [0.05, 0.1) is 5.56 Å². The first-order chi connectivity index (χ1) is 11.7. The number of carbonyl (C=O) groups excluding carboxylic acids is 2. The quantitative estimate of drug-likeness (QED) is 0.767. The van der Waals surface area contributed by atoms with Crippen LogP contribution in [-0.2, 0) is 4.79 Å². The van der Waals surface area contributed by atoms with E-state index < -0.39 is 0 Å². The van der Waals surface area contributed by atoms with Gasteiger partial charge in [-0.05, 0) is 37.8 Å². The fraction of sp³-hybridized carbons (Fsp3) is 0.529. The van der Waals surface area contributed by atoms with E-state index in [0.717, 1.165) is 44.6 Å². The zero-order valence-electron chi connectivity index (χ0n) is 13.4. The van der Waals surface area contributed by atoms with E-state index in [-0.39, 0.29) is 24.0 Å². The van der Waals surface area contributed by atoms with Gasteiger partial charge in [-0.3, -0.25) is 9.69 Å². The van der Waals surface area contributed by atoms with Crippen LogP contribution in [0.15, 0.2) is 18.3 Å². The van der Waals surface area contributed by atoms with Crippen molar-refractivity contribution in [1.29, 1.82) is 5.26 Å². The molecule has 3 aliphatic rings. The van der Waals surface area contributed by atoms with Crippen molar-refractivity contribution in [3.63, 3.8) is 0 Å². The number of urea groups is 1. The third kappa shape index (κ3) is 2.30. The zero-order chi connectivity index (χ0) is 16.7. The lowest BCUT2D eigenvalue weighted by molar-refractivity contribution is -0.129. The van der Waals surface area contributed by atoms with Crippen molar-refractivity contribution >= 4 is 17.8 Å². The summed E-state index contributed by atoms with van der Waals surface area (Å²) < 4.78 is 0. The molecule has 0 aliphatic carbocycles. The molecule has 7 heteroatoms. The molecule has 4 heterocycles. The predicted molar refractivity (Wildman–Crippen MR) is 86.2 cm³/mol. The average Bonchev–Trinajstić information content (AvgIpc) is 3.20. The first-order valence-electron chi connectivity index (χ1n) is 8.44. The molecule has 3 amide bonds. The monoisotopic (exact) mass is 325 g/mol. The summed E-state index contributed by atoms with van der Waals surface area (Å²) in [6.45, 7) is 2.22. The zero-order valence-corrected chi connectivity index (χ0v) is 13.4. The molecule has 3 aliphatic heterocycles. The molecule has 0 saturated carbocycles. The van der Waals surface area contributed by atoms with Crippen LogP contribution >= 0.6 is 0 Å². The highest BCUT2D eigenvalue weighted by molar-refractivity contribution is 6.04. The Labute approximate surface area is 140 Å². The number of imide groups is 1. The van der Waals surface area contributed by atoms with E-state index >= 15 is 0 Å². The molecule has 1 aromatic heterocycles. The van der Waals surface area contributed by atoms with Gasteiger partial charge in [-0.15, -0.1) is 0 Å². The normalized spacial score (nSPS) is 24.5. The lowest BCUT2D eigenvalue weighted by Gasteiger charge is -2.36. The standard InChI is InChI=1S/C17H19N5O2/c18-10-12-3-4-15(19-11-12)20-8-5-13(6-9-20)22-16(23)14-2-1-7-21(14)17(22)24/h3-4,11,13-14H,1-2,5-9H2. The van der Waals surface area contributed by atoms with Gasteiger partial charge in [0, 0.05) is 31.9 Å². The van der Waals surface area contributed by atoms with Crippen molar-refractivity contribution < 1.29 is 9.59 Å². The number of aromatic nitrogens is 1. The van der Waals surface area contributed by atoms with Crippen LogP contribution in [0.25, 0.3) is 0 Å². The lowest BCUT2D eigenvalue weighted by Crippen LogP contribution is -2.48. The van der Waals surface area contributed by atoms with E-state index in [1.807, 2.05) is 6.07 Å². The molecule has 0 N–H and O–H groups in total. The Bertz CT molecular complexity index is 681. The van der Waals surface area contributed by atoms with Crippen LogP contribution in [0.2, 0.25) is 0 Å². The minimum absolute atomic E-state index is 0.00699. The number of fused-ring (bicyclic) bond motifs is 1. The summed E-state index contributed by atoms with van der Waals surface area (Å²) in [5.41, 5.74) is 0.544. The van der Waals surface area contributed by atoms with Crippen LogP contribution in [0.4, 0.5) is 10.6 Å². The van der Waals surface area contributed by atoms with E-state index in [4.69, 9.17) is 5.26 Å². The van der Waals surface area contributed by atoms with Crippen LogP contribution in [0.3, 0.4) is 0 Å². The highest BCUT2D eigenvalue weighted by Crippen LogP contribution is 2.31. The molecule has 0 radical (unpaired) electrons. The number of piperidine rings is 1. The Kier molecular flexibility index (Phi) is 3.60. The Morgan fingerprint density at radius 1 is 1.12 bits per heavy atom. The van der Waals surface area contributed by atoms with Crippen molar-refractivity contribution in [2.24, 2.45) is 0 Å². The molecule has 124 valence electrons. The van der Waals surface area contributed by atoms with E-state index in [9.17, 15) is 9.59 Å². The molecular formula is C17H19N5O2. The summed E-state index contributed by atoms with van der Waals surface area (Å²) in [4.78, 5) is 34.7. The van der Waals surface area contributed by atoms with Crippen molar-refractivity contribution in [3.05, 3.63) is 23.9 Å². The summed E-state index contributed by atoms with van der Waals surface area (Å²) >= 11 is 0. The summed E-state index contributed by atoms with van der Waals surface area (Å²) in [6.07, 6.45) is 4.83. The topological polar surface area (TPSA) is 80.5 Å². The number of pyridine rings is 1. The second-order valence-electron chi connectivity index (χ2n) is 6.58. The molecule has 7 nitrogen and oxygen atoms in total. The number of amides is 3. The smallest absolute Gasteiger partial charge is 0.327 e. The number of nitriles is 1. The summed E-state index contributed by atoms with van der Waals surface area (Å²) in [6, 6.07) is 5.35. The third-order valence-electron chi connectivity index (χ3n) is 5.26. The highest BCUT2D eigenvalue weighted by Gasteiger charge is 2.50. The largest absolute Gasteiger partial charge is 0.356 e. The van der Waals surface area contributed by atoms with Gasteiger partial charge in [-0.2, -0.15) is 5.26 Å². The molecule has 24 heavy (non-hydrogen) atoms. The Hall–Kier alpha value is -2.62. The van der Waals surface area contributed by atoms with Crippen molar-refractivity contribution in [2.45, 2.75) is 37.8 Å². The number of hydrogen-bond acceptors (Lipinski definition) is 5. The average molecular weight is 325 g/mol. The number of nitrogens with zero attached hydrogens (tertiary/aromatic N) is 5. The maximum atomic E-state index is 12.5. The molecule has 4 rings (SSSR count). The molecule has 1 aromatic rings. The minimum Gasteiger partial charge on any atom is -0.356 e. The van der Waals surface area contributed by atoms with E-state index in [1.165, 1.54) is 4.90 Å². The molecule has 3 saturated heterocycles. The van der Waals surface area contributed by atoms with Crippen molar-refractivity contribution in [1.82, 2.24) is 14.8 Å². The summed E-state index contributed by atoms with van der Waals surface area (Å²) in [5.74, 6) is 0.833. The Morgan fingerprint density at radius 3 is 2.54 bits per heavy atom. The Morgan fingerprint density at radius 2 is 1.92 bits per heavy atom. The minimum atomic E-state index is -0.212. The van der Waals surface area contributed by atoms with Gasteiger partial charge >= 0.3 is 6.03 Å². The molecule has 1 atom stereocenters. The van der Waals surface area contributed by atoms with Gasteiger partial charge < -0.3 is 9.80 Å². The van der Waals surface area contributed by atoms with Crippen LogP contribution in [0.5, 0.6) is 0 Å². The van der Waals surface area contributed by atoms with Crippen molar-refractivity contribution in [2.75, 3.05) is 24.5 Å². The maximum Gasteiger partial charge on any atom is 0.327 e. The second-order valence-corrected chi connectivity index (χ2v) is 6.58. The van der Waals surface area contributed by atoms with Gasteiger partial charge in [0.2, 0.25) is 0 Å². The second kappa shape index (κ2) is 5.78. The number of rotatable bonds is 2. The highest BCUT2D eigenvalue weighted by atomic mass is 16.2. The van der Waals surface area contributed by atoms with E-state index in [0.29, 0.717) is 12.1 Å². The SMILES string of the molecule is N#Cc1ccc(N2CCC(N3C(=O)C4CCCN4C3=O)CC2)nc1. The molecule has 0 spiro atoms. The van der Waals surface area contributed by atoms with Crippen LogP contribution in [-0.4, -0.2) is 58.4 Å². The number of anilines is 1. The van der Waals surface area contributed by atoms with Gasteiger partial charge in [0.1, 0.15) is 17.9 Å². The first-order valence-corrected chi connectivity index (χ1v) is 8.44. The van der Waals surface area contributed by atoms with Crippen molar-refractivity contribution in [3.8, 4) is 6.07 Å². The van der Waals surface area contributed by atoms with Crippen LogP contribution < -0.4 is 4.90 Å². The summed E-state index contributed by atoms with van der Waals surface area (Å²) in [7, 11) is 0. The fourth-order valence-electron chi connectivity index (χ4n) is 3.97. The van der Waals surface area contributed by atoms with Gasteiger partial charge in [0.25, 0.3) is 5.91 Å². The third-order valence-corrected chi connectivity index (χ3v) is 5.26. The van der Waals surface area contributed by atoms with E-state index in [1.54, 1.807) is 17.2 Å². The first kappa shape index (κ1) is 14.9. The number of hydrogen-bond donors (Lipinski definition) is 0. The molecular weight excluding hydrogens is 306 g/mol. The molecule has 0 aromatic carbocycles. The number of carbonyl (C=O) groups is 2. The van der Waals surface area contributed by atoms with Gasteiger partial charge in [0.15, 0.2) is 0 Å². The van der Waals surface area contributed by atoms with Crippen LogP contribution in [0, 0.1) is 11.3 Å². The lowest BCUT2D eigenvalue weighted by atomic mass is 10.0. The predicted octanol–water partition coefficient (Wildman–Crippen LogP) is 1.35. The Balaban J connectivity index is 1.42. The van der Waals surface area contributed by atoms with E-state index in [2.05, 4.69) is 16.0 Å². The summed E-state index contributed by atoms with van der Waals surface area (Å²) in [5, 5.41) is 8.84. The van der Waals surface area contributed by atoms with Gasteiger partial charge in [-0.25, -0.2) is 9.78 Å². The van der Waals surface area contributed by atoms with Crippen LogP contribution in [0.1, 0.15) is 31.2 Å². The molecule has 3 fully saturated rings. The molecule has 1 unspecified atom stereocenters. The maximum absolute atomic E-state index is 12.5. The fourth-order valence-corrected chi connectivity index (χ4v) is 3.97. The van der Waals surface area contributed by atoms with Gasteiger partial charge in [-0.1, -0.05) is 0 Å².